The van der Waals surface area contributed by atoms with Crippen LogP contribution in [-0.4, -0.2) is 18.9 Å². The smallest absolute Gasteiger partial charge is 0.267 e. The highest BCUT2D eigenvalue weighted by atomic mass is 19.1. The van der Waals surface area contributed by atoms with Gasteiger partial charge >= 0.3 is 0 Å². The van der Waals surface area contributed by atoms with Crippen LogP contribution in [-0.2, 0) is 0 Å². The van der Waals surface area contributed by atoms with Gasteiger partial charge in [-0.1, -0.05) is 18.2 Å². The first-order valence-electron chi connectivity index (χ1n) is 7.77. The first-order valence-corrected chi connectivity index (χ1v) is 7.77. The number of imidazole rings is 1. The number of halogens is 1. The molecule has 0 fully saturated rings. The lowest BCUT2D eigenvalue weighted by atomic mass is 10.2. The Hall–Kier alpha value is -3.54. The fourth-order valence-electron chi connectivity index (χ4n) is 3.18. The zero-order valence-electron chi connectivity index (χ0n) is 12.9. The Morgan fingerprint density at radius 1 is 0.920 bits per heavy atom. The molecule has 0 N–H and O–H groups in total. The monoisotopic (exact) mass is 330 g/mol. The fraction of sp³-hybridized carbons (Fsp3) is 0. The number of hydrogen-bond donors (Lipinski definition) is 0. The molecule has 0 saturated heterocycles. The maximum atomic E-state index is 13.6. The number of rotatable bonds is 1. The van der Waals surface area contributed by atoms with Crippen molar-refractivity contribution < 1.29 is 4.39 Å². The number of pyridine rings is 1. The van der Waals surface area contributed by atoms with Gasteiger partial charge in [0.05, 0.1) is 21.9 Å². The standard InChI is InChI=1S/C19H11FN4O/c20-12-8-9-13-14(11-12)22-19-23(17-7-3-4-10-21-17)15-5-1-2-6-16(15)24(19)18(13)25/h1-11H. The van der Waals surface area contributed by atoms with Crippen molar-refractivity contribution in [3.05, 3.63) is 83.0 Å². The van der Waals surface area contributed by atoms with Crippen molar-refractivity contribution in [2.45, 2.75) is 0 Å². The molecule has 0 aliphatic heterocycles. The van der Waals surface area contributed by atoms with Crippen LogP contribution in [0.25, 0.3) is 33.5 Å². The Morgan fingerprint density at radius 2 is 1.72 bits per heavy atom. The zero-order valence-corrected chi connectivity index (χ0v) is 12.9. The third-order valence-electron chi connectivity index (χ3n) is 4.26. The quantitative estimate of drug-likeness (QED) is 0.474. The second-order valence-electron chi connectivity index (χ2n) is 5.73. The third-order valence-corrected chi connectivity index (χ3v) is 4.26. The van der Waals surface area contributed by atoms with E-state index in [9.17, 15) is 9.18 Å². The average molecular weight is 330 g/mol. The zero-order chi connectivity index (χ0) is 17.0. The number of para-hydroxylation sites is 2. The second kappa shape index (κ2) is 4.98. The predicted octanol–water partition coefficient (Wildman–Crippen LogP) is 3.33. The summed E-state index contributed by atoms with van der Waals surface area (Å²) in [5.74, 6) is 0.621. The topological polar surface area (TPSA) is 52.2 Å². The van der Waals surface area contributed by atoms with Gasteiger partial charge in [0, 0.05) is 12.3 Å². The number of fused-ring (bicyclic) bond motifs is 4. The van der Waals surface area contributed by atoms with E-state index in [1.165, 1.54) is 18.2 Å². The van der Waals surface area contributed by atoms with E-state index in [0.717, 1.165) is 11.0 Å². The maximum Gasteiger partial charge on any atom is 0.267 e. The maximum absolute atomic E-state index is 13.6. The molecule has 0 aliphatic carbocycles. The van der Waals surface area contributed by atoms with Crippen molar-refractivity contribution >= 4 is 27.7 Å². The van der Waals surface area contributed by atoms with Crippen LogP contribution in [0, 0.1) is 5.82 Å². The average Bonchev–Trinajstić information content (AvgIpc) is 2.96. The van der Waals surface area contributed by atoms with Crippen molar-refractivity contribution in [1.82, 2.24) is 18.9 Å². The summed E-state index contributed by atoms with van der Waals surface area (Å²) in [6.07, 6.45) is 1.68. The van der Waals surface area contributed by atoms with Crippen molar-refractivity contribution in [2.24, 2.45) is 0 Å². The summed E-state index contributed by atoms with van der Waals surface area (Å²) in [7, 11) is 0. The van der Waals surface area contributed by atoms with E-state index >= 15 is 0 Å². The molecule has 6 heteroatoms. The molecule has 0 bridgehead atoms. The van der Waals surface area contributed by atoms with Crippen molar-refractivity contribution in [3.8, 4) is 5.82 Å². The molecule has 0 atom stereocenters. The van der Waals surface area contributed by atoms with Crippen LogP contribution in [0.15, 0.2) is 71.7 Å². The van der Waals surface area contributed by atoms with Gasteiger partial charge in [0.25, 0.3) is 5.56 Å². The van der Waals surface area contributed by atoms with Crippen LogP contribution in [0.1, 0.15) is 0 Å². The predicted molar refractivity (Wildman–Crippen MR) is 93.6 cm³/mol. The van der Waals surface area contributed by atoms with Gasteiger partial charge in [-0.3, -0.25) is 9.36 Å². The first kappa shape index (κ1) is 13.9. The van der Waals surface area contributed by atoms with Gasteiger partial charge in [-0.2, -0.15) is 0 Å². The lowest BCUT2D eigenvalue weighted by Crippen LogP contribution is -2.15. The SMILES string of the molecule is O=c1c2ccc(F)cc2nc2n(-c3ccccn3)c3ccccc3n12. The van der Waals surface area contributed by atoms with Crippen LogP contribution >= 0.6 is 0 Å². The highest BCUT2D eigenvalue weighted by molar-refractivity contribution is 5.87. The minimum atomic E-state index is -0.427. The van der Waals surface area contributed by atoms with E-state index in [4.69, 9.17) is 0 Å². The molecule has 0 saturated carbocycles. The summed E-state index contributed by atoms with van der Waals surface area (Å²) < 4.78 is 17.0. The highest BCUT2D eigenvalue weighted by Gasteiger charge is 2.17. The lowest BCUT2D eigenvalue weighted by Gasteiger charge is -2.05. The fourth-order valence-corrected chi connectivity index (χ4v) is 3.18. The Bertz CT molecular complexity index is 1320. The van der Waals surface area contributed by atoms with Crippen molar-refractivity contribution in [2.75, 3.05) is 0 Å². The summed E-state index contributed by atoms with van der Waals surface area (Å²) in [6.45, 7) is 0. The first-order chi connectivity index (χ1) is 12.2. The molecule has 5 nitrogen and oxygen atoms in total. The van der Waals surface area contributed by atoms with Gasteiger partial charge in [0.2, 0.25) is 5.78 Å². The summed E-state index contributed by atoms with van der Waals surface area (Å²) >= 11 is 0. The largest absolute Gasteiger partial charge is 0.268 e. The minimum Gasteiger partial charge on any atom is -0.268 e. The van der Waals surface area contributed by atoms with E-state index in [2.05, 4.69) is 9.97 Å². The van der Waals surface area contributed by atoms with Gasteiger partial charge in [0.1, 0.15) is 11.6 Å². The van der Waals surface area contributed by atoms with E-state index < -0.39 is 5.82 Å². The molecule has 3 aromatic heterocycles. The molecule has 25 heavy (non-hydrogen) atoms. The van der Waals surface area contributed by atoms with Crippen LogP contribution in [0.5, 0.6) is 0 Å². The van der Waals surface area contributed by atoms with Crippen LogP contribution in [0.4, 0.5) is 4.39 Å². The Labute approximate surface area is 140 Å². The van der Waals surface area contributed by atoms with Gasteiger partial charge in [-0.05, 0) is 36.4 Å². The van der Waals surface area contributed by atoms with Gasteiger partial charge < -0.3 is 0 Å². The van der Waals surface area contributed by atoms with Crippen LogP contribution in [0.2, 0.25) is 0 Å². The van der Waals surface area contributed by atoms with E-state index in [0.29, 0.717) is 22.5 Å². The molecular weight excluding hydrogens is 319 g/mol. The molecule has 0 radical (unpaired) electrons. The van der Waals surface area contributed by atoms with Crippen molar-refractivity contribution in [3.63, 3.8) is 0 Å². The molecule has 0 unspecified atom stereocenters. The molecule has 2 aromatic carbocycles. The summed E-state index contributed by atoms with van der Waals surface area (Å²) in [5.41, 5.74) is 1.63. The summed E-state index contributed by atoms with van der Waals surface area (Å²) in [4.78, 5) is 22.0. The van der Waals surface area contributed by atoms with Crippen molar-refractivity contribution in [1.29, 1.82) is 0 Å². The van der Waals surface area contributed by atoms with Crippen LogP contribution in [0.3, 0.4) is 0 Å². The number of aromatic nitrogens is 4. The van der Waals surface area contributed by atoms with E-state index in [1.54, 1.807) is 15.2 Å². The van der Waals surface area contributed by atoms with E-state index in [1.807, 2.05) is 42.5 Å². The minimum absolute atomic E-state index is 0.231. The summed E-state index contributed by atoms with van der Waals surface area (Å²) in [6, 6.07) is 17.1. The van der Waals surface area contributed by atoms with E-state index in [-0.39, 0.29) is 5.56 Å². The normalized spacial score (nSPS) is 11.6. The molecule has 5 aromatic rings. The molecule has 0 spiro atoms. The summed E-state index contributed by atoms with van der Waals surface area (Å²) in [5, 5.41) is 0.378. The lowest BCUT2D eigenvalue weighted by molar-refractivity contribution is 0.629. The second-order valence-corrected chi connectivity index (χ2v) is 5.73. The Morgan fingerprint density at radius 3 is 2.52 bits per heavy atom. The highest BCUT2D eigenvalue weighted by Crippen LogP contribution is 2.23. The third kappa shape index (κ3) is 1.91. The number of nitrogens with zero attached hydrogens (tertiary/aromatic N) is 4. The molecular formula is C19H11FN4O. The Balaban J connectivity index is 2.08. The number of hydrogen-bond acceptors (Lipinski definition) is 3. The van der Waals surface area contributed by atoms with Crippen LogP contribution < -0.4 is 5.56 Å². The Kier molecular flexibility index (Phi) is 2.76. The molecule has 5 rings (SSSR count). The molecule has 120 valence electrons. The molecule has 3 heterocycles. The molecule has 0 amide bonds. The van der Waals surface area contributed by atoms with Gasteiger partial charge in [0.15, 0.2) is 0 Å². The molecule has 0 aliphatic rings. The number of benzene rings is 2. The van der Waals surface area contributed by atoms with Gasteiger partial charge in [-0.15, -0.1) is 0 Å². The van der Waals surface area contributed by atoms with Gasteiger partial charge in [-0.25, -0.2) is 18.8 Å².